The largest absolute Gasteiger partial charge is 0.470 e. The molecule has 0 aliphatic carbocycles. The summed E-state index contributed by atoms with van der Waals surface area (Å²) in [5.41, 5.74) is 0.317. The smallest absolute Gasteiger partial charge is 0.343 e. The minimum atomic E-state index is -0.566. The fourth-order valence-electron chi connectivity index (χ4n) is 2.40. The summed E-state index contributed by atoms with van der Waals surface area (Å²) in [6.45, 7) is 2.01. The van der Waals surface area contributed by atoms with Crippen LogP contribution in [0.25, 0.3) is 0 Å². The normalized spacial score (nSPS) is 10.6. The molecule has 2 aromatic heterocycles. The van der Waals surface area contributed by atoms with Gasteiger partial charge in [-0.15, -0.1) is 0 Å². The second-order valence-electron chi connectivity index (χ2n) is 5.79. The lowest BCUT2D eigenvalue weighted by molar-refractivity contribution is 0.0527. The van der Waals surface area contributed by atoms with Gasteiger partial charge >= 0.3 is 5.97 Å². The van der Waals surface area contributed by atoms with Crippen molar-refractivity contribution in [1.29, 1.82) is 0 Å². The number of carbonyl (C=O) groups excluding carboxylic acids is 2. The molecule has 1 N–H and O–H groups in total. The summed E-state index contributed by atoms with van der Waals surface area (Å²) < 4.78 is 14.2. The van der Waals surface area contributed by atoms with Crippen molar-refractivity contribution < 1.29 is 19.1 Å². The Labute approximate surface area is 179 Å². The van der Waals surface area contributed by atoms with E-state index >= 15 is 0 Å². The molecule has 0 aliphatic heterocycles. The van der Waals surface area contributed by atoms with Crippen molar-refractivity contribution in [3.8, 4) is 5.75 Å². The first-order valence-corrected chi connectivity index (χ1v) is 9.68. The number of hydrogen-bond acceptors (Lipinski definition) is 6. The van der Waals surface area contributed by atoms with Crippen molar-refractivity contribution in [1.82, 2.24) is 19.6 Å². The van der Waals surface area contributed by atoms with Crippen molar-refractivity contribution in [3.63, 3.8) is 0 Å². The Balaban J connectivity index is 1.67. The van der Waals surface area contributed by atoms with Crippen molar-refractivity contribution in [3.05, 3.63) is 57.4 Å². The first kappa shape index (κ1) is 20.9. The molecule has 0 unspecified atom stereocenters. The maximum atomic E-state index is 12.5. The van der Waals surface area contributed by atoms with E-state index in [0.717, 1.165) is 0 Å². The maximum absolute atomic E-state index is 12.5. The van der Waals surface area contributed by atoms with Crippen LogP contribution in [0.1, 0.15) is 27.8 Å². The van der Waals surface area contributed by atoms with Crippen LogP contribution >= 0.6 is 27.5 Å². The Hall–Kier alpha value is -2.85. The molecule has 29 heavy (non-hydrogen) atoms. The number of ether oxygens (including phenoxy) is 2. The fourth-order valence-corrected chi connectivity index (χ4v) is 3.20. The van der Waals surface area contributed by atoms with Gasteiger partial charge in [0.15, 0.2) is 12.4 Å². The topological polar surface area (TPSA) is 100 Å². The van der Waals surface area contributed by atoms with E-state index in [0.29, 0.717) is 15.2 Å². The average Bonchev–Trinajstić information content (AvgIpc) is 3.29. The van der Waals surface area contributed by atoms with Crippen molar-refractivity contribution >= 4 is 45.2 Å². The Morgan fingerprint density at radius 3 is 2.83 bits per heavy atom. The molecule has 0 fully saturated rings. The standard InChI is InChI=1S/C18H17BrClN5O4/c1-3-28-18(27)12-9-21-24(2)16(12)22-17(26)14-6-7-25(23-14)10-29-15-5-4-11(20)8-13(15)19/h4-9H,3,10H2,1-2H3,(H,22,26). The number of nitrogens with zero attached hydrogens (tertiary/aromatic N) is 4. The van der Waals surface area contributed by atoms with Gasteiger partial charge in [-0.3, -0.25) is 9.48 Å². The van der Waals surface area contributed by atoms with Crippen molar-refractivity contribution in [2.45, 2.75) is 13.7 Å². The summed E-state index contributed by atoms with van der Waals surface area (Å²) in [7, 11) is 1.61. The van der Waals surface area contributed by atoms with Gasteiger partial charge in [0.2, 0.25) is 0 Å². The highest BCUT2D eigenvalue weighted by molar-refractivity contribution is 9.10. The number of aryl methyl sites for hydroxylation is 1. The van der Waals surface area contributed by atoms with Gasteiger partial charge in [-0.05, 0) is 47.1 Å². The number of halogens is 2. The number of nitrogens with one attached hydrogen (secondary N) is 1. The highest BCUT2D eigenvalue weighted by Crippen LogP contribution is 2.28. The van der Waals surface area contributed by atoms with Gasteiger partial charge in [0.05, 0.1) is 17.3 Å². The summed E-state index contributed by atoms with van der Waals surface area (Å²) >= 11 is 9.28. The Bertz CT molecular complexity index is 1050. The minimum absolute atomic E-state index is 0.0906. The van der Waals surface area contributed by atoms with Crippen LogP contribution in [0, 0.1) is 0 Å². The summed E-state index contributed by atoms with van der Waals surface area (Å²) in [5.74, 6) is -0.247. The van der Waals surface area contributed by atoms with Crippen molar-refractivity contribution in [2.75, 3.05) is 11.9 Å². The molecule has 2 heterocycles. The summed E-state index contributed by atoms with van der Waals surface area (Å²) in [6, 6.07) is 6.69. The van der Waals surface area contributed by atoms with Crippen LogP contribution in [0.5, 0.6) is 5.75 Å². The highest BCUT2D eigenvalue weighted by atomic mass is 79.9. The predicted molar refractivity (Wildman–Crippen MR) is 109 cm³/mol. The molecule has 0 atom stereocenters. The number of carbonyl (C=O) groups is 2. The molecule has 0 spiro atoms. The molecule has 0 saturated heterocycles. The van der Waals surface area contributed by atoms with E-state index in [2.05, 4.69) is 31.4 Å². The van der Waals surface area contributed by atoms with Crippen LogP contribution in [0.4, 0.5) is 5.82 Å². The third-order valence-electron chi connectivity index (χ3n) is 3.79. The molecule has 1 aromatic carbocycles. The minimum Gasteiger partial charge on any atom is -0.470 e. The van der Waals surface area contributed by atoms with E-state index in [4.69, 9.17) is 21.1 Å². The zero-order valence-corrected chi connectivity index (χ0v) is 17.9. The molecule has 0 aliphatic rings. The van der Waals surface area contributed by atoms with Gasteiger partial charge in [-0.2, -0.15) is 10.2 Å². The number of rotatable bonds is 7. The molecular formula is C18H17BrClN5O4. The summed E-state index contributed by atoms with van der Waals surface area (Å²) in [4.78, 5) is 24.5. The lowest BCUT2D eigenvalue weighted by Crippen LogP contribution is -2.18. The molecule has 11 heteroatoms. The molecule has 3 rings (SSSR count). The Morgan fingerprint density at radius 1 is 1.31 bits per heavy atom. The first-order chi connectivity index (χ1) is 13.9. The van der Waals surface area contributed by atoms with Crippen LogP contribution in [0.2, 0.25) is 5.02 Å². The zero-order chi connectivity index (χ0) is 21.0. The predicted octanol–water partition coefficient (Wildman–Crippen LogP) is 3.50. The van der Waals surface area contributed by atoms with Crippen molar-refractivity contribution in [2.24, 2.45) is 7.05 Å². The number of anilines is 1. The SMILES string of the molecule is CCOC(=O)c1cnn(C)c1NC(=O)c1ccn(COc2ccc(Cl)cc2Br)n1. The van der Waals surface area contributed by atoms with Gasteiger partial charge < -0.3 is 14.8 Å². The van der Waals surface area contributed by atoms with E-state index in [9.17, 15) is 9.59 Å². The van der Waals surface area contributed by atoms with Crippen LogP contribution in [-0.4, -0.2) is 38.0 Å². The fraction of sp³-hybridized carbons (Fsp3) is 0.222. The van der Waals surface area contributed by atoms with E-state index < -0.39 is 11.9 Å². The zero-order valence-electron chi connectivity index (χ0n) is 15.6. The Morgan fingerprint density at radius 2 is 2.10 bits per heavy atom. The second-order valence-corrected chi connectivity index (χ2v) is 7.08. The highest BCUT2D eigenvalue weighted by Gasteiger charge is 2.20. The average molecular weight is 483 g/mol. The maximum Gasteiger partial charge on any atom is 0.343 e. The van der Waals surface area contributed by atoms with E-state index in [-0.39, 0.29) is 30.4 Å². The number of benzene rings is 1. The monoisotopic (exact) mass is 481 g/mol. The Kier molecular flexibility index (Phi) is 6.55. The first-order valence-electron chi connectivity index (χ1n) is 8.50. The van der Waals surface area contributed by atoms with Crippen LogP contribution < -0.4 is 10.1 Å². The second kappa shape index (κ2) is 9.10. The number of esters is 1. The molecule has 1 amide bonds. The molecule has 0 saturated carbocycles. The van der Waals surface area contributed by atoms with Crippen LogP contribution in [-0.2, 0) is 18.5 Å². The summed E-state index contributed by atoms with van der Waals surface area (Å²) in [6.07, 6.45) is 2.94. The van der Waals surface area contributed by atoms with Gasteiger partial charge in [-0.1, -0.05) is 11.6 Å². The van der Waals surface area contributed by atoms with Gasteiger partial charge in [0, 0.05) is 18.3 Å². The molecule has 152 valence electrons. The lowest BCUT2D eigenvalue weighted by atomic mass is 10.3. The van der Waals surface area contributed by atoms with E-state index in [1.54, 1.807) is 38.4 Å². The molecule has 0 radical (unpaired) electrons. The van der Waals surface area contributed by atoms with E-state index in [1.807, 2.05) is 0 Å². The number of aromatic nitrogens is 4. The molecule has 0 bridgehead atoms. The quantitative estimate of drug-likeness (QED) is 0.517. The number of hydrogen-bond donors (Lipinski definition) is 1. The van der Waals surface area contributed by atoms with Crippen LogP contribution in [0.15, 0.2) is 41.1 Å². The molecular weight excluding hydrogens is 466 g/mol. The van der Waals surface area contributed by atoms with Crippen LogP contribution in [0.3, 0.4) is 0 Å². The lowest BCUT2D eigenvalue weighted by Gasteiger charge is -2.08. The van der Waals surface area contributed by atoms with Gasteiger partial charge in [0.1, 0.15) is 17.1 Å². The molecule has 9 nitrogen and oxygen atoms in total. The van der Waals surface area contributed by atoms with Gasteiger partial charge in [0.25, 0.3) is 5.91 Å². The van der Waals surface area contributed by atoms with Gasteiger partial charge in [-0.25, -0.2) is 9.48 Å². The van der Waals surface area contributed by atoms with E-state index in [1.165, 1.54) is 21.6 Å². The summed E-state index contributed by atoms with van der Waals surface area (Å²) in [5, 5.41) is 11.4. The third kappa shape index (κ3) is 4.96. The molecule has 3 aromatic rings. The number of amides is 1. The third-order valence-corrected chi connectivity index (χ3v) is 4.64.